The Bertz CT molecular complexity index is 827. The van der Waals surface area contributed by atoms with Crippen molar-refractivity contribution in [1.29, 1.82) is 0 Å². The van der Waals surface area contributed by atoms with Gasteiger partial charge in [0.15, 0.2) is 11.5 Å². The van der Waals surface area contributed by atoms with Crippen molar-refractivity contribution in [3.05, 3.63) is 41.2 Å². The first-order chi connectivity index (χ1) is 9.49. The van der Waals surface area contributed by atoms with Gasteiger partial charge in [-0.3, -0.25) is 0 Å². The van der Waals surface area contributed by atoms with Crippen LogP contribution in [-0.4, -0.2) is 20.8 Å². The second-order valence-electron chi connectivity index (χ2n) is 4.88. The number of rotatable bonds is 2. The minimum Gasteiger partial charge on any atom is -0.476 e. The van der Waals surface area contributed by atoms with Gasteiger partial charge in [-0.2, -0.15) is 0 Å². The molecule has 1 N–H and O–H groups in total. The summed E-state index contributed by atoms with van der Waals surface area (Å²) in [6.45, 7) is 4.17. The summed E-state index contributed by atoms with van der Waals surface area (Å²) in [5, 5.41) is 13.6. The van der Waals surface area contributed by atoms with E-state index in [9.17, 15) is 4.79 Å². The van der Waals surface area contributed by atoms with Gasteiger partial charge in [-0.1, -0.05) is 17.3 Å². The Kier molecular flexibility index (Phi) is 2.64. The summed E-state index contributed by atoms with van der Waals surface area (Å²) in [5.41, 5.74) is 4.28. The molecule has 102 valence electrons. The number of aryl methyl sites for hydroxylation is 2. The van der Waals surface area contributed by atoms with Gasteiger partial charge in [0.05, 0.1) is 0 Å². The SMILES string of the molecule is Cc1c(C)n(C)c2cc(-c3cc(C(=O)O)no3)ccc12. The highest BCUT2D eigenvalue weighted by Crippen LogP contribution is 2.29. The van der Waals surface area contributed by atoms with Crippen LogP contribution >= 0.6 is 0 Å². The smallest absolute Gasteiger partial charge is 0.358 e. The van der Waals surface area contributed by atoms with Crippen LogP contribution in [0.1, 0.15) is 21.7 Å². The Morgan fingerprint density at radius 2 is 2.05 bits per heavy atom. The molecule has 0 atom stereocenters. The Balaban J connectivity index is 2.17. The lowest BCUT2D eigenvalue weighted by atomic mass is 10.1. The highest BCUT2D eigenvalue weighted by atomic mass is 16.5. The van der Waals surface area contributed by atoms with E-state index in [2.05, 4.69) is 23.6 Å². The minimum absolute atomic E-state index is 0.0839. The lowest BCUT2D eigenvalue weighted by Gasteiger charge is -2.00. The first-order valence-corrected chi connectivity index (χ1v) is 6.25. The average Bonchev–Trinajstić information content (AvgIpc) is 3.00. The topological polar surface area (TPSA) is 68.3 Å². The zero-order valence-electron chi connectivity index (χ0n) is 11.5. The zero-order valence-corrected chi connectivity index (χ0v) is 11.5. The summed E-state index contributed by atoms with van der Waals surface area (Å²) in [7, 11) is 2.01. The van der Waals surface area contributed by atoms with Crippen LogP contribution in [0.15, 0.2) is 28.8 Å². The monoisotopic (exact) mass is 270 g/mol. The van der Waals surface area contributed by atoms with Crippen molar-refractivity contribution in [3.63, 3.8) is 0 Å². The van der Waals surface area contributed by atoms with E-state index < -0.39 is 5.97 Å². The molecule has 0 spiro atoms. The van der Waals surface area contributed by atoms with Gasteiger partial charge < -0.3 is 14.2 Å². The maximum atomic E-state index is 10.8. The van der Waals surface area contributed by atoms with Crippen LogP contribution in [0.25, 0.3) is 22.2 Å². The number of aromatic nitrogens is 2. The van der Waals surface area contributed by atoms with Crippen molar-refractivity contribution in [2.45, 2.75) is 13.8 Å². The molecule has 3 rings (SSSR count). The van der Waals surface area contributed by atoms with Crippen molar-refractivity contribution in [3.8, 4) is 11.3 Å². The van der Waals surface area contributed by atoms with Gasteiger partial charge in [0.1, 0.15) is 0 Å². The molecule has 5 heteroatoms. The third kappa shape index (κ3) is 1.71. The van der Waals surface area contributed by atoms with Crippen LogP contribution in [0.4, 0.5) is 0 Å². The largest absolute Gasteiger partial charge is 0.476 e. The zero-order chi connectivity index (χ0) is 14.4. The number of hydrogen-bond donors (Lipinski definition) is 1. The van der Waals surface area contributed by atoms with Gasteiger partial charge in [-0.05, 0) is 25.5 Å². The van der Waals surface area contributed by atoms with E-state index in [4.69, 9.17) is 9.63 Å². The number of carbonyl (C=O) groups is 1. The number of carboxylic acids is 1. The highest BCUT2D eigenvalue weighted by molar-refractivity contribution is 5.90. The molecule has 2 heterocycles. The predicted molar refractivity (Wildman–Crippen MR) is 74.8 cm³/mol. The van der Waals surface area contributed by atoms with Gasteiger partial charge in [-0.25, -0.2) is 4.79 Å². The van der Waals surface area contributed by atoms with Crippen LogP contribution < -0.4 is 0 Å². The lowest BCUT2D eigenvalue weighted by Crippen LogP contribution is -1.94. The van der Waals surface area contributed by atoms with Gasteiger partial charge in [0.2, 0.25) is 0 Å². The van der Waals surface area contributed by atoms with Crippen molar-refractivity contribution in [2.24, 2.45) is 7.05 Å². The van der Waals surface area contributed by atoms with Gasteiger partial charge in [0.25, 0.3) is 0 Å². The summed E-state index contributed by atoms with van der Waals surface area (Å²) in [4.78, 5) is 10.8. The Morgan fingerprint density at radius 3 is 2.70 bits per heavy atom. The van der Waals surface area contributed by atoms with Gasteiger partial charge >= 0.3 is 5.97 Å². The normalized spacial score (nSPS) is 11.2. The number of aromatic carboxylic acids is 1. The molecule has 0 unspecified atom stereocenters. The molecule has 0 aliphatic rings. The molecule has 1 aromatic carbocycles. The van der Waals surface area contributed by atoms with Gasteiger partial charge in [-0.15, -0.1) is 0 Å². The Labute approximate surface area is 115 Å². The Hall–Kier alpha value is -2.56. The molecule has 0 fully saturated rings. The number of benzene rings is 1. The van der Waals surface area contributed by atoms with E-state index in [0.717, 1.165) is 11.1 Å². The summed E-state index contributed by atoms with van der Waals surface area (Å²) in [6, 6.07) is 7.37. The molecule has 0 saturated carbocycles. The molecule has 0 amide bonds. The number of nitrogens with zero attached hydrogens (tertiary/aromatic N) is 2. The fraction of sp³-hybridized carbons (Fsp3) is 0.200. The number of carboxylic acid groups (broad SMARTS) is 1. The molecule has 0 aliphatic heterocycles. The molecule has 0 aliphatic carbocycles. The third-order valence-electron chi connectivity index (χ3n) is 3.82. The minimum atomic E-state index is -1.09. The maximum Gasteiger partial charge on any atom is 0.358 e. The summed E-state index contributed by atoms with van der Waals surface area (Å²) in [6.07, 6.45) is 0. The van der Waals surface area contributed by atoms with Crippen LogP contribution in [0, 0.1) is 13.8 Å². The van der Waals surface area contributed by atoms with E-state index >= 15 is 0 Å². The molecule has 2 aromatic heterocycles. The summed E-state index contributed by atoms with van der Waals surface area (Å²) in [5.74, 6) is -0.632. The van der Waals surface area contributed by atoms with Crippen molar-refractivity contribution in [1.82, 2.24) is 9.72 Å². The molecular weight excluding hydrogens is 256 g/mol. The highest BCUT2D eigenvalue weighted by Gasteiger charge is 2.14. The molecule has 0 saturated heterocycles. The van der Waals surface area contributed by atoms with Crippen molar-refractivity contribution >= 4 is 16.9 Å². The molecule has 0 radical (unpaired) electrons. The van der Waals surface area contributed by atoms with Crippen LogP contribution in [0.3, 0.4) is 0 Å². The second-order valence-corrected chi connectivity index (χ2v) is 4.88. The van der Waals surface area contributed by atoms with Crippen molar-refractivity contribution < 1.29 is 14.4 Å². The quantitative estimate of drug-likeness (QED) is 0.776. The van der Waals surface area contributed by atoms with Crippen LogP contribution in [0.5, 0.6) is 0 Å². The van der Waals surface area contributed by atoms with E-state index in [1.54, 1.807) is 0 Å². The first kappa shape index (κ1) is 12.5. The van der Waals surface area contributed by atoms with Crippen LogP contribution in [0.2, 0.25) is 0 Å². The molecule has 20 heavy (non-hydrogen) atoms. The number of fused-ring (bicyclic) bond motifs is 1. The third-order valence-corrected chi connectivity index (χ3v) is 3.82. The van der Waals surface area contributed by atoms with E-state index in [-0.39, 0.29) is 5.69 Å². The summed E-state index contributed by atoms with van der Waals surface area (Å²) < 4.78 is 7.21. The fourth-order valence-electron chi connectivity index (χ4n) is 2.42. The van der Waals surface area contributed by atoms with E-state index in [0.29, 0.717) is 5.76 Å². The predicted octanol–water partition coefficient (Wildman–Crippen LogP) is 3.15. The Morgan fingerprint density at radius 1 is 1.30 bits per heavy atom. The molecular formula is C15H14N2O3. The number of hydrogen-bond acceptors (Lipinski definition) is 3. The second kappa shape index (κ2) is 4.23. The fourth-order valence-corrected chi connectivity index (χ4v) is 2.42. The molecule has 5 nitrogen and oxygen atoms in total. The lowest BCUT2D eigenvalue weighted by molar-refractivity contribution is 0.0686. The first-order valence-electron chi connectivity index (χ1n) is 6.25. The van der Waals surface area contributed by atoms with E-state index in [1.165, 1.54) is 22.7 Å². The molecule has 0 bridgehead atoms. The molecule has 3 aromatic rings. The van der Waals surface area contributed by atoms with Crippen molar-refractivity contribution in [2.75, 3.05) is 0 Å². The maximum absolute atomic E-state index is 10.8. The summed E-state index contributed by atoms with van der Waals surface area (Å²) >= 11 is 0. The van der Waals surface area contributed by atoms with Crippen LogP contribution in [-0.2, 0) is 7.05 Å². The average molecular weight is 270 g/mol. The van der Waals surface area contributed by atoms with E-state index in [1.807, 2.05) is 25.2 Å². The van der Waals surface area contributed by atoms with Gasteiger partial charge in [0, 0.05) is 35.3 Å². The standard InChI is InChI=1S/C15H14N2O3/c1-8-9(2)17(3)13-6-10(4-5-11(8)13)14-7-12(15(18)19)16-20-14/h4-7H,1-3H3,(H,18,19).